The molecule has 2 nitrogen and oxygen atoms in total. The Kier molecular flexibility index (Phi) is 19.2. The molecule has 2 heteroatoms. The summed E-state index contributed by atoms with van der Waals surface area (Å²) in [4.78, 5) is 0. The number of hydrogen-bond donors (Lipinski definition) is 0. The van der Waals surface area contributed by atoms with Crippen LogP contribution in [0.1, 0.15) is 125 Å². The first-order valence-corrected chi connectivity index (χ1v) is 12.1. The van der Waals surface area contributed by atoms with E-state index in [0.29, 0.717) is 0 Å². The quantitative estimate of drug-likeness (QED) is 0.197. The van der Waals surface area contributed by atoms with Crippen molar-refractivity contribution in [2.45, 2.75) is 125 Å². The van der Waals surface area contributed by atoms with Gasteiger partial charge in [0.25, 0.3) is 0 Å². The molecule has 0 aliphatic rings. The molecule has 0 atom stereocenters. The van der Waals surface area contributed by atoms with E-state index >= 15 is 0 Å². The van der Waals surface area contributed by atoms with E-state index in [1.807, 2.05) is 0 Å². The molecule has 0 aromatic carbocycles. The highest BCUT2D eigenvalue weighted by Crippen LogP contribution is 2.14. The third-order valence-corrected chi connectivity index (χ3v) is 4.98. The average molecular weight is 385 g/mol. The van der Waals surface area contributed by atoms with Gasteiger partial charge in [-0.3, -0.25) is 0 Å². The summed E-state index contributed by atoms with van der Waals surface area (Å²) in [6.07, 6.45) is 19.7. The Morgan fingerprint density at radius 1 is 0.519 bits per heavy atom. The minimum absolute atomic E-state index is 0.257. The van der Waals surface area contributed by atoms with Crippen LogP contribution in [0.3, 0.4) is 0 Å². The van der Waals surface area contributed by atoms with Crippen LogP contribution in [0, 0.1) is 11.3 Å². The van der Waals surface area contributed by atoms with E-state index < -0.39 is 0 Å². The van der Waals surface area contributed by atoms with Crippen LogP contribution in [-0.4, -0.2) is 26.4 Å². The molecule has 0 aliphatic carbocycles. The molecular weight excluding hydrogens is 332 g/mol. The van der Waals surface area contributed by atoms with Gasteiger partial charge in [-0.05, 0) is 17.8 Å². The van der Waals surface area contributed by atoms with Gasteiger partial charge in [-0.25, -0.2) is 0 Å². The SMILES string of the molecule is CC(C)CCCCCCCCCCCCCCCOCCOCC(C)(C)C. The summed E-state index contributed by atoms with van der Waals surface area (Å²) >= 11 is 0. The lowest BCUT2D eigenvalue weighted by molar-refractivity contribution is 0.0186. The van der Waals surface area contributed by atoms with Crippen LogP contribution in [-0.2, 0) is 9.47 Å². The summed E-state index contributed by atoms with van der Waals surface area (Å²) in [5.74, 6) is 0.885. The van der Waals surface area contributed by atoms with Crippen LogP contribution in [0.5, 0.6) is 0 Å². The first-order valence-electron chi connectivity index (χ1n) is 12.1. The van der Waals surface area contributed by atoms with E-state index in [4.69, 9.17) is 9.47 Å². The smallest absolute Gasteiger partial charge is 0.0700 e. The maximum Gasteiger partial charge on any atom is 0.0700 e. The normalized spacial score (nSPS) is 12.2. The third kappa shape index (κ3) is 25.9. The van der Waals surface area contributed by atoms with Crippen molar-refractivity contribution in [1.82, 2.24) is 0 Å². The highest BCUT2D eigenvalue weighted by molar-refractivity contribution is 4.58. The van der Waals surface area contributed by atoms with Gasteiger partial charge >= 0.3 is 0 Å². The Balaban J connectivity index is 3.03. The van der Waals surface area contributed by atoms with Gasteiger partial charge in [-0.2, -0.15) is 0 Å². The second kappa shape index (κ2) is 19.2. The van der Waals surface area contributed by atoms with Gasteiger partial charge in [0.2, 0.25) is 0 Å². The molecule has 164 valence electrons. The van der Waals surface area contributed by atoms with Crippen LogP contribution in [0.2, 0.25) is 0 Å². The zero-order valence-electron chi connectivity index (χ0n) is 19.6. The lowest BCUT2D eigenvalue weighted by atomic mass is 9.99. The lowest BCUT2D eigenvalue weighted by Gasteiger charge is -2.17. The first-order chi connectivity index (χ1) is 12.9. The molecule has 0 saturated heterocycles. The highest BCUT2D eigenvalue weighted by atomic mass is 16.5. The van der Waals surface area contributed by atoms with Crippen molar-refractivity contribution in [2.75, 3.05) is 26.4 Å². The molecule has 0 N–H and O–H groups in total. The summed E-state index contributed by atoms with van der Waals surface area (Å²) in [6, 6.07) is 0. The predicted octanol–water partition coefficient (Wildman–Crippen LogP) is 8.18. The molecule has 0 aromatic heterocycles. The van der Waals surface area contributed by atoms with E-state index in [2.05, 4.69) is 34.6 Å². The fourth-order valence-electron chi connectivity index (χ4n) is 3.30. The van der Waals surface area contributed by atoms with Crippen molar-refractivity contribution >= 4 is 0 Å². The summed E-state index contributed by atoms with van der Waals surface area (Å²) in [6.45, 7) is 14.4. The molecule has 0 radical (unpaired) electrons. The van der Waals surface area contributed by atoms with Crippen LogP contribution >= 0.6 is 0 Å². The fraction of sp³-hybridized carbons (Fsp3) is 1.00. The summed E-state index contributed by atoms with van der Waals surface area (Å²) in [5.41, 5.74) is 0.257. The molecule has 0 amide bonds. The van der Waals surface area contributed by atoms with Crippen LogP contribution in [0.4, 0.5) is 0 Å². The Hall–Kier alpha value is -0.0800. The second-order valence-electron chi connectivity index (χ2n) is 10.0. The van der Waals surface area contributed by atoms with Gasteiger partial charge in [-0.1, -0.05) is 118 Å². The molecule has 0 bridgehead atoms. The first kappa shape index (κ1) is 26.9. The Morgan fingerprint density at radius 2 is 0.926 bits per heavy atom. The fourth-order valence-corrected chi connectivity index (χ4v) is 3.30. The van der Waals surface area contributed by atoms with Gasteiger partial charge < -0.3 is 9.47 Å². The highest BCUT2D eigenvalue weighted by Gasteiger charge is 2.09. The summed E-state index contributed by atoms with van der Waals surface area (Å²) in [7, 11) is 0. The molecule has 0 heterocycles. The Bertz CT molecular complexity index is 281. The number of hydrogen-bond acceptors (Lipinski definition) is 2. The van der Waals surface area contributed by atoms with E-state index in [1.165, 1.54) is 89.9 Å². The van der Waals surface area contributed by atoms with Crippen LogP contribution in [0.15, 0.2) is 0 Å². The zero-order chi connectivity index (χ0) is 20.2. The molecule has 0 rings (SSSR count). The van der Waals surface area contributed by atoms with Crippen molar-refractivity contribution in [3.63, 3.8) is 0 Å². The van der Waals surface area contributed by atoms with E-state index in [9.17, 15) is 0 Å². The van der Waals surface area contributed by atoms with E-state index in [1.54, 1.807) is 0 Å². The molecular formula is C25H52O2. The number of unbranched alkanes of at least 4 members (excludes halogenated alkanes) is 12. The largest absolute Gasteiger partial charge is 0.379 e. The van der Waals surface area contributed by atoms with Gasteiger partial charge in [0.05, 0.1) is 19.8 Å². The molecule has 0 unspecified atom stereocenters. The second-order valence-corrected chi connectivity index (χ2v) is 10.0. The maximum absolute atomic E-state index is 5.64. The van der Waals surface area contributed by atoms with Crippen molar-refractivity contribution < 1.29 is 9.47 Å². The van der Waals surface area contributed by atoms with Gasteiger partial charge in [0.1, 0.15) is 0 Å². The lowest BCUT2D eigenvalue weighted by Crippen LogP contribution is -2.17. The van der Waals surface area contributed by atoms with Gasteiger partial charge in [0.15, 0.2) is 0 Å². The van der Waals surface area contributed by atoms with Crippen molar-refractivity contribution in [1.29, 1.82) is 0 Å². The molecule has 27 heavy (non-hydrogen) atoms. The minimum Gasteiger partial charge on any atom is -0.379 e. The molecule has 0 aromatic rings. The van der Waals surface area contributed by atoms with E-state index in [-0.39, 0.29) is 5.41 Å². The van der Waals surface area contributed by atoms with Gasteiger partial charge in [-0.15, -0.1) is 0 Å². The predicted molar refractivity (Wildman–Crippen MR) is 121 cm³/mol. The standard InChI is InChI=1S/C25H52O2/c1-24(2)19-17-15-13-11-9-7-6-8-10-12-14-16-18-20-26-21-22-27-23-25(3,4)5/h24H,6-23H2,1-5H3. The maximum atomic E-state index is 5.64. The third-order valence-electron chi connectivity index (χ3n) is 4.98. The molecule has 0 aliphatic heterocycles. The van der Waals surface area contributed by atoms with Crippen molar-refractivity contribution in [2.24, 2.45) is 11.3 Å². The molecule has 0 fully saturated rings. The van der Waals surface area contributed by atoms with Crippen molar-refractivity contribution in [3.8, 4) is 0 Å². The number of rotatable bonds is 20. The number of ether oxygens (including phenoxy) is 2. The zero-order valence-corrected chi connectivity index (χ0v) is 19.6. The van der Waals surface area contributed by atoms with Gasteiger partial charge in [0, 0.05) is 6.61 Å². The Labute approximate surface area is 172 Å². The molecule has 0 saturated carbocycles. The van der Waals surface area contributed by atoms with Crippen LogP contribution < -0.4 is 0 Å². The Morgan fingerprint density at radius 3 is 1.37 bits per heavy atom. The van der Waals surface area contributed by atoms with E-state index in [0.717, 1.165) is 32.3 Å². The monoisotopic (exact) mass is 384 g/mol. The topological polar surface area (TPSA) is 18.5 Å². The van der Waals surface area contributed by atoms with Crippen molar-refractivity contribution in [3.05, 3.63) is 0 Å². The van der Waals surface area contributed by atoms with Crippen LogP contribution in [0.25, 0.3) is 0 Å². The summed E-state index contributed by atoms with van der Waals surface area (Å²) < 4.78 is 11.2. The molecule has 0 spiro atoms. The summed E-state index contributed by atoms with van der Waals surface area (Å²) in [5, 5.41) is 0. The minimum atomic E-state index is 0.257. The average Bonchev–Trinajstić information content (AvgIpc) is 2.58.